The van der Waals surface area contributed by atoms with E-state index in [4.69, 9.17) is 0 Å². The first-order valence-electron chi connectivity index (χ1n) is 11.6. The number of nitrogens with one attached hydrogen (secondary N) is 1. The largest absolute Gasteiger partial charge is 0.345 e. The van der Waals surface area contributed by atoms with Gasteiger partial charge in [-0.3, -0.25) is 14.2 Å². The van der Waals surface area contributed by atoms with Crippen molar-refractivity contribution in [2.75, 3.05) is 36.5 Å². The van der Waals surface area contributed by atoms with Gasteiger partial charge in [0.2, 0.25) is 11.9 Å². The smallest absolute Gasteiger partial charge is 0.256 e. The number of aromatic nitrogens is 3. The number of hydrogen-bond donors (Lipinski definition) is 1. The van der Waals surface area contributed by atoms with Crippen molar-refractivity contribution in [2.24, 2.45) is 0 Å². The SMILES string of the molecule is Cc1cc(F)ccc1-c1nc(NCC(=O)N2CCSCC2)nc2c1ccc(=O)n2-c1c(F)cccc1F. The van der Waals surface area contributed by atoms with Gasteiger partial charge >= 0.3 is 0 Å². The highest BCUT2D eigenvalue weighted by Crippen LogP contribution is 2.31. The minimum Gasteiger partial charge on any atom is -0.345 e. The van der Waals surface area contributed by atoms with E-state index in [0.29, 0.717) is 35.3 Å². The Balaban J connectivity index is 1.69. The van der Waals surface area contributed by atoms with Crippen LogP contribution in [0.2, 0.25) is 0 Å². The summed E-state index contributed by atoms with van der Waals surface area (Å²) in [6.07, 6.45) is 0. The minimum atomic E-state index is -0.944. The highest BCUT2D eigenvalue weighted by molar-refractivity contribution is 7.99. The van der Waals surface area contributed by atoms with Crippen LogP contribution in [0.25, 0.3) is 28.0 Å². The molecule has 1 fully saturated rings. The number of halogens is 3. The van der Waals surface area contributed by atoms with Gasteiger partial charge < -0.3 is 10.2 Å². The van der Waals surface area contributed by atoms with Crippen LogP contribution in [-0.2, 0) is 4.79 Å². The van der Waals surface area contributed by atoms with E-state index in [1.54, 1.807) is 23.6 Å². The molecular formula is C26H22F3N5O2S. The lowest BCUT2D eigenvalue weighted by atomic mass is 10.0. The Hall–Kier alpha value is -3.86. The van der Waals surface area contributed by atoms with Crippen LogP contribution in [0.5, 0.6) is 0 Å². The summed E-state index contributed by atoms with van der Waals surface area (Å²) >= 11 is 1.78. The number of carbonyl (C=O) groups excluding carboxylic acids is 1. The summed E-state index contributed by atoms with van der Waals surface area (Å²) in [4.78, 5) is 36.3. The number of anilines is 1. The molecule has 190 valence electrons. The zero-order valence-corrected chi connectivity index (χ0v) is 20.6. The zero-order chi connectivity index (χ0) is 26.1. The van der Waals surface area contributed by atoms with Crippen LogP contribution in [0.4, 0.5) is 19.1 Å². The summed E-state index contributed by atoms with van der Waals surface area (Å²) in [5.41, 5.74) is 0.0706. The third kappa shape index (κ3) is 4.91. The molecular weight excluding hydrogens is 503 g/mol. The Labute approximate surface area is 214 Å². The fraction of sp³-hybridized carbons (Fsp3) is 0.231. The molecule has 0 saturated carbocycles. The normalized spacial score (nSPS) is 13.7. The van der Waals surface area contributed by atoms with Crippen molar-refractivity contribution >= 4 is 34.7 Å². The molecule has 0 bridgehead atoms. The topological polar surface area (TPSA) is 80.1 Å². The maximum absolute atomic E-state index is 14.8. The zero-order valence-electron chi connectivity index (χ0n) is 19.8. The van der Waals surface area contributed by atoms with Crippen molar-refractivity contribution in [3.8, 4) is 16.9 Å². The highest BCUT2D eigenvalue weighted by atomic mass is 32.2. The Morgan fingerprint density at radius 2 is 1.76 bits per heavy atom. The van der Waals surface area contributed by atoms with Crippen LogP contribution in [0.1, 0.15) is 5.56 Å². The average Bonchev–Trinajstić information content (AvgIpc) is 2.88. The number of pyridine rings is 1. The van der Waals surface area contributed by atoms with Crippen LogP contribution in [0, 0.1) is 24.4 Å². The predicted octanol–water partition coefficient (Wildman–Crippen LogP) is 4.16. The summed E-state index contributed by atoms with van der Waals surface area (Å²) in [5.74, 6) is -0.773. The summed E-state index contributed by atoms with van der Waals surface area (Å²) in [6, 6.07) is 10.1. The molecule has 4 aromatic rings. The van der Waals surface area contributed by atoms with Crippen molar-refractivity contribution in [3.05, 3.63) is 81.9 Å². The monoisotopic (exact) mass is 525 g/mol. The first-order valence-corrected chi connectivity index (χ1v) is 12.7. The number of para-hydroxylation sites is 1. The molecule has 11 heteroatoms. The van der Waals surface area contributed by atoms with Crippen LogP contribution in [-0.4, -0.2) is 56.5 Å². The molecule has 0 aliphatic carbocycles. The average molecular weight is 526 g/mol. The Morgan fingerprint density at radius 3 is 2.46 bits per heavy atom. The summed E-state index contributed by atoms with van der Waals surface area (Å²) in [5, 5.41) is 3.23. The van der Waals surface area contributed by atoms with Gasteiger partial charge in [0.15, 0.2) is 5.65 Å². The highest BCUT2D eigenvalue weighted by Gasteiger charge is 2.21. The molecule has 1 aliphatic heterocycles. The third-order valence-corrected chi connectivity index (χ3v) is 7.06. The van der Waals surface area contributed by atoms with Crippen LogP contribution < -0.4 is 10.9 Å². The first-order chi connectivity index (χ1) is 17.8. The number of thioether (sulfide) groups is 1. The molecule has 1 aliphatic rings. The van der Waals surface area contributed by atoms with Gasteiger partial charge in [-0.2, -0.15) is 16.7 Å². The summed E-state index contributed by atoms with van der Waals surface area (Å²) in [7, 11) is 0. The Morgan fingerprint density at radius 1 is 1.03 bits per heavy atom. The number of hydrogen-bond acceptors (Lipinski definition) is 6. The van der Waals surface area contributed by atoms with Gasteiger partial charge in [0.25, 0.3) is 5.56 Å². The predicted molar refractivity (Wildman–Crippen MR) is 138 cm³/mol. The number of aryl methyl sites for hydroxylation is 1. The van der Waals surface area contributed by atoms with E-state index >= 15 is 0 Å². The Bertz CT molecular complexity index is 1550. The fourth-order valence-electron chi connectivity index (χ4n) is 4.29. The number of amides is 1. The van der Waals surface area contributed by atoms with Gasteiger partial charge in [-0.25, -0.2) is 18.2 Å². The van der Waals surface area contributed by atoms with Crippen molar-refractivity contribution in [3.63, 3.8) is 0 Å². The second kappa shape index (κ2) is 10.3. The second-order valence-electron chi connectivity index (χ2n) is 8.52. The molecule has 7 nitrogen and oxygen atoms in total. The lowest BCUT2D eigenvalue weighted by Crippen LogP contribution is -2.41. The molecule has 1 amide bonds. The van der Waals surface area contributed by atoms with Gasteiger partial charge in [-0.05, 0) is 48.9 Å². The van der Waals surface area contributed by atoms with Gasteiger partial charge in [0.1, 0.15) is 23.1 Å². The quantitative estimate of drug-likeness (QED) is 0.422. The van der Waals surface area contributed by atoms with Crippen LogP contribution >= 0.6 is 11.8 Å². The van der Waals surface area contributed by atoms with E-state index < -0.39 is 28.7 Å². The van der Waals surface area contributed by atoms with Crippen molar-refractivity contribution in [1.82, 2.24) is 19.4 Å². The van der Waals surface area contributed by atoms with Gasteiger partial charge in [-0.15, -0.1) is 0 Å². The molecule has 3 heterocycles. The van der Waals surface area contributed by atoms with E-state index in [1.807, 2.05) is 0 Å². The first kappa shape index (κ1) is 24.8. The van der Waals surface area contributed by atoms with E-state index in [0.717, 1.165) is 28.2 Å². The fourth-order valence-corrected chi connectivity index (χ4v) is 5.19. The molecule has 0 atom stereocenters. The molecule has 1 N–H and O–H groups in total. The van der Waals surface area contributed by atoms with Gasteiger partial charge in [0, 0.05) is 41.6 Å². The Kier molecular flexibility index (Phi) is 6.88. The van der Waals surface area contributed by atoms with Crippen molar-refractivity contribution in [2.45, 2.75) is 6.92 Å². The minimum absolute atomic E-state index is 0.0120. The van der Waals surface area contributed by atoms with Crippen molar-refractivity contribution in [1.29, 1.82) is 0 Å². The van der Waals surface area contributed by atoms with Crippen molar-refractivity contribution < 1.29 is 18.0 Å². The molecule has 0 unspecified atom stereocenters. The van der Waals surface area contributed by atoms with E-state index in [-0.39, 0.29) is 24.0 Å². The van der Waals surface area contributed by atoms with Gasteiger partial charge in [-0.1, -0.05) is 6.07 Å². The molecule has 0 spiro atoms. The summed E-state index contributed by atoms with van der Waals surface area (Å²) in [6.45, 7) is 2.86. The van der Waals surface area contributed by atoms with E-state index in [2.05, 4.69) is 15.3 Å². The second-order valence-corrected chi connectivity index (χ2v) is 9.74. The molecule has 37 heavy (non-hydrogen) atoms. The lowest BCUT2D eigenvalue weighted by Gasteiger charge is -2.26. The molecule has 5 rings (SSSR count). The van der Waals surface area contributed by atoms with E-state index in [9.17, 15) is 22.8 Å². The molecule has 2 aromatic heterocycles. The van der Waals surface area contributed by atoms with E-state index in [1.165, 1.54) is 36.4 Å². The number of rotatable bonds is 5. The maximum atomic E-state index is 14.8. The number of benzene rings is 2. The number of fused-ring (bicyclic) bond motifs is 1. The molecule has 2 aromatic carbocycles. The lowest BCUT2D eigenvalue weighted by molar-refractivity contribution is -0.128. The van der Waals surface area contributed by atoms with Crippen LogP contribution in [0.3, 0.4) is 0 Å². The molecule has 0 radical (unpaired) electrons. The third-order valence-electron chi connectivity index (χ3n) is 6.12. The summed E-state index contributed by atoms with van der Waals surface area (Å²) < 4.78 is 44.3. The molecule has 1 saturated heterocycles. The number of carbonyl (C=O) groups is 1. The maximum Gasteiger partial charge on any atom is 0.256 e. The standard InChI is InChI=1S/C26H22F3N5O2S/c1-15-13-16(27)5-6-17(15)23-18-7-8-21(35)34(24-19(28)3-2-4-20(24)29)25(18)32-26(31-23)30-14-22(36)33-9-11-37-12-10-33/h2-8,13H,9-12,14H2,1H3,(H,30,31,32). The van der Waals surface area contributed by atoms with Gasteiger partial charge in [0.05, 0.1) is 12.2 Å². The number of nitrogens with zero attached hydrogens (tertiary/aromatic N) is 4. The van der Waals surface area contributed by atoms with Crippen LogP contribution in [0.15, 0.2) is 53.3 Å².